The Morgan fingerprint density at radius 3 is 2.59 bits per heavy atom. The van der Waals surface area contributed by atoms with E-state index in [0.717, 1.165) is 34.8 Å². The third-order valence-corrected chi connectivity index (χ3v) is 7.29. The number of alkyl carbamates (subject to hydrolysis) is 1. The number of alkyl halides is 3. The van der Waals surface area contributed by atoms with Crippen molar-refractivity contribution in [1.29, 1.82) is 0 Å². The Bertz CT molecular complexity index is 1250. The number of carbonyl (C=O) groups excluding carboxylic acids is 4. The smallest absolute Gasteiger partial charge is 0.418 e. The molecule has 210 valence electrons. The molecule has 0 radical (unpaired) electrons. The summed E-state index contributed by atoms with van der Waals surface area (Å²) in [5.74, 6) is -2.11. The maximum Gasteiger partial charge on any atom is 0.418 e. The fraction of sp³-hybridized carbons (Fsp3) is 0.417. The third-order valence-electron chi connectivity index (χ3n) is 6.06. The SMILES string of the molecule is O=C(N[C@@H](CNC(=O)c1ccc(Cl)s1)C(=O)Nc1ccc(N2CCOCC2=O)cc1C(F)(F)F)OC1CCC1. The number of ether oxygens (including phenoxy) is 2. The average molecular weight is 589 g/mol. The van der Waals surface area contributed by atoms with Gasteiger partial charge in [0.15, 0.2) is 0 Å². The first-order valence-corrected chi connectivity index (χ1v) is 13.1. The summed E-state index contributed by atoms with van der Waals surface area (Å²) < 4.78 is 52.4. The molecule has 1 aliphatic heterocycles. The van der Waals surface area contributed by atoms with E-state index in [1.807, 2.05) is 0 Å². The van der Waals surface area contributed by atoms with Crippen molar-refractivity contribution >= 4 is 58.1 Å². The van der Waals surface area contributed by atoms with Gasteiger partial charge in [0.25, 0.3) is 11.8 Å². The molecule has 1 saturated carbocycles. The van der Waals surface area contributed by atoms with Crippen LogP contribution in [0.5, 0.6) is 0 Å². The summed E-state index contributed by atoms with van der Waals surface area (Å²) in [7, 11) is 0. The molecule has 4 rings (SSSR count). The highest BCUT2D eigenvalue weighted by atomic mass is 35.5. The third kappa shape index (κ3) is 7.40. The second-order valence-corrected chi connectivity index (χ2v) is 10.5. The van der Waals surface area contributed by atoms with Gasteiger partial charge in [0.05, 0.1) is 27.1 Å². The van der Waals surface area contributed by atoms with Crippen molar-refractivity contribution in [2.75, 3.05) is 36.5 Å². The van der Waals surface area contributed by atoms with Crippen LogP contribution in [0, 0.1) is 0 Å². The molecule has 1 atom stereocenters. The van der Waals surface area contributed by atoms with E-state index in [0.29, 0.717) is 17.2 Å². The lowest BCUT2D eigenvalue weighted by Gasteiger charge is -2.28. The fourth-order valence-electron chi connectivity index (χ4n) is 3.80. The van der Waals surface area contributed by atoms with Crippen LogP contribution in [0.4, 0.5) is 29.3 Å². The molecule has 1 aromatic carbocycles. The fourth-order valence-corrected chi connectivity index (χ4v) is 4.76. The normalized spacial score (nSPS) is 16.7. The molecule has 1 aromatic heterocycles. The zero-order valence-corrected chi connectivity index (χ0v) is 21.9. The Labute approximate surface area is 229 Å². The minimum absolute atomic E-state index is 0.00533. The highest BCUT2D eigenvalue weighted by molar-refractivity contribution is 7.18. The summed E-state index contributed by atoms with van der Waals surface area (Å²) in [4.78, 5) is 51.4. The molecule has 3 N–H and O–H groups in total. The van der Waals surface area contributed by atoms with Crippen LogP contribution < -0.4 is 20.9 Å². The number of anilines is 2. The Morgan fingerprint density at radius 1 is 1.21 bits per heavy atom. The summed E-state index contributed by atoms with van der Waals surface area (Å²) in [6.07, 6.45) is -3.94. The number of thiophene rings is 1. The minimum atomic E-state index is -4.88. The molecule has 1 saturated heterocycles. The van der Waals surface area contributed by atoms with Gasteiger partial charge in [-0.15, -0.1) is 11.3 Å². The zero-order valence-electron chi connectivity index (χ0n) is 20.3. The second kappa shape index (κ2) is 12.2. The molecule has 1 aliphatic carbocycles. The molecule has 15 heteroatoms. The van der Waals surface area contributed by atoms with E-state index in [9.17, 15) is 32.3 Å². The topological polar surface area (TPSA) is 126 Å². The Morgan fingerprint density at radius 2 is 1.97 bits per heavy atom. The molecule has 10 nitrogen and oxygen atoms in total. The maximum atomic E-state index is 14.0. The van der Waals surface area contributed by atoms with Crippen LogP contribution in [0.25, 0.3) is 0 Å². The second-order valence-electron chi connectivity index (χ2n) is 8.78. The van der Waals surface area contributed by atoms with Crippen molar-refractivity contribution in [3.63, 3.8) is 0 Å². The number of hydrogen-bond donors (Lipinski definition) is 3. The molecule has 4 amide bonds. The van der Waals surface area contributed by atoms with Crippen LogP contribution in [0.15, 0.2) is 30.3 Å². The molecule has 2 aromatic rings. The van der Waals surface area contributed by atoms with Gasteiger partial charge in [-0.05, 0) is 49.6 Å². The van der Waals surface area contributed by atoms with Gasteiger partial charge in [-0.3, -0.25) is 14.4 Å². The maximum absolute atomic E-state index is 14.0. The van der Waals surface area contributed by atoms with E-state index in [1.165, 1.54) is 18.2 Å². The largest absolute Gasteiger partial charge is 0.446 e. The Hall–Kier alpha value is -3.36. The summed E-state index contributed by atoms with van der Waals surface area (Å²) >= 11 is 6.84. The Kier molecular flexibility index (Phi) is 8.97. The highest BCUT2D eigenvalue weighted by Crippen LogP contribution is 2.37. The van der Waals surface area contributed by atoms with Crippen LogP contribution in [-0.4, -0.2) is 62.3 Å². The minimum Gasteiger partial charge on any atom is -0.446 e. The van der Waals surface area contributed by atoms with E-state index in [4.69, 9.17) is 21.1 Å². The van der Waals surface area contributed by atoms with Crippen LogP contribution >= 0.6 is 22.9 Å². The quantitative estimate of drug-likeness (QED) is 0.431. The lowest BCUT2D eigenvalue weighted by Crippen LogP contribution is -2.51. The average Bonchev–Trinajstić information content (AvgIpc) is 3.30. The van der Waals surface area contributed by atoms with Crippen LogP contribution in [0.1, 0.15) is 34.5 Å². The number of hydrogen-bond acceptors (Lipinski definition) is 7. The molecular formula is C24H24ClF3N4O6S. The standard InChI is InChI=1S/C24H24ClF3N4O6S/c25-19-7-6-18(39-19)22(35)29-11-17(31-23(36)38-14-2-1-3-14)21(34)30-16-5-4-13(10-15(16)24(26,27)28)32-8-9-37-12-20(32)33/h4-7,10,14,17H,1-3,8-9,11-12H2,(H,29,35)(H,30,34)(H,31,36)/t17-/m0/s1. The van der Waals surface area contributed by atoms with E-state index in [2.05, 4.69) is 16.0 Å². The van der Waals surface area contributed by atoms with Gasteiger partial charge in [-0.25, -0.2) is 4.79 Å². The molecule has 2 aliphatic rings. The number of nitrogens with one attached hydrogen (secondary N) is 3. The number of rotatable bonds is 8. The number of benzene rings is 1. The molecule has 0 unspecified atom stereocenters. The lowest BCUT2D eigenvalue weighted by atomic mass is 9.96. The number of halogens is 4. The van der Waals surface area contributed by atoms with E-state index < -0.39 is 53.8 Å². The van der Waals surface area contributed by atoms with Gasteiger partial charge in [0, 0.05) is 18.8 Å². The first-order chi connectivity index (χ1) is 18.5. The first-order valence-electron chi connectivity index (χ1n) is 11.9. The van der Waals surface area contributed by atoms with Gasteiger partial charge < -0.3 is 30.3 Å². The van der Waals surface area contributed by atoms with E-state index >= 15 is 0 Å². The number of morpholine rings is 1. The molecule has 2 heterocycles. The van der Waals surface area contributed by atoms with Crippen LogP contribution in [0.3, 0.4) is 0 Å². The molecule has 0 spiro atoms. The highest BCUT2D eigenvalue weighted by Gasteiger charge is 2.36. The predicted molar refractivity (Wildman–Crippen MR) is 136 cm³/mol. The van der Waals surface area contributed by atoms with Gasteiger partial charge in [0.1, 0.15) is 18.8 Å². The number of nitrogens with zero attached hydrogens (tertiary/aromatic N) is 1. The van der Waals surface area contributed by atoms with Gasteiger partial charge >= 0.3 is 12.3 Å². The lowest BCUT2D eigenvalue weighted by molar-refractivity contribution is -0.137. The monoisotopic (exact) mass is 588 g/mol. The van der Waals surface area contributed by atoms with Crippen molar-refractivity contribution < 1.29 is 41.8 Å². The van der Waals surface area contributed by atoms with Crippen LogP contribution in [-0.2, 0) is 25.2 Å². The predicted octanol–water partition coefficient (Wildman–Crippen LogP) is 3.80. The number of amides is 4. The van der Waals surface area contributed by atoms with Gasteiger partial charge in [-0.1, -0.05) is 11.6 Å². The first kappa shape index (κ1) is 28.6. The summed E-state index contributed by atoms with van der Waals surface area (Å²) in [6.45, 7) is -0.458. The molecule has 0 bridgehead atoms. The van der Waals surface area contributed by atoms with Crippen molar-refractivity contribution in [1.82, 2.24) is 10.6 Å². The Balaban J connectivity index is 1.52. The molecule has 39 heavy (non-hydrogen) atoms. The van der Waals surface area contributed by atoms with Crippen molar-refractivity contribution in [2.45, 2.75) is 37.6 Å². The van der Waals surface area contributed by atoms with Crippen molar-refractivity contribution in [3.8, 4) is 0 Å². The summed E-state index contributed by atoms with van der Waals surface area (Å²) in [5.41, 5.74) is -1.79. The zero-order chi connectivity index (χ0) is 28.2. The molecular weight excluding hydrogens is 565 g/mol. The van der Waals surface area contributed by atoms with Crippen LogP contribution in [0.2, 0.25) is 4.34 Å². The van der Waals surface area contributed by atoms with E-state index in [1.54, 1.807) is 0 Å². The van der Waals surface area contributed by atoms with E-state index in [-0.39, 0.29) is 36.4 Å². The summed E-state index contributed by atoms with van der Waals surface area (Å²) in [6, 6.07) is 4.55. The van der Waals surface area contributed by atoms with Crippen molar-refractivity contribution in [2.24, 2.45) is 0 Å². The number of carbonyl (C=O) groups is 4. The van der Waals surface area contributed by atoms with Gasteiger partial charge in [-0.2, -0.15) is 13.2 Å². The molecule has 2 fully saturated rings. The van der Waals surface area contributed by atoms with Crippen molar-refractivity contribution in [3.05, 3.63) is 45.1 Å². The van der Waals surface area contributed by atoms with Gasteiger partial charge in [0.2, 0.25) is 5.91 Å². The summed E-state index contributed by atoms with van der Waals surface area (Å²) in [5, 5.41) is 6.97.